The molecule has 1 amide bonds. The van der Waals surface area contributed by atoms with Crippen LogP contribution in [0, 0.1) is 0 Å². The smallest absolute Gasteiger partial charge is 0.273 e. The number of aliphatic hydroxyl groups is 1. The minimum atomic E-state index is -0.608. The Labute approximate surface area is 129 Å². The highest BCUT2D eigenvalue weighted by Crippen LogP contribution is 2.21. The van der Waals surface area contributed by atoms with E-state index in [2.05, 4.69) is 15.6 Å². The normalized spacial score (nSPS) is 13.3. The molecule has 1 heterocycles. The van der Waals surface area contributed by atoms with E-state index in [4.69, 9.17) is 4.74 Å². The molecular weight excluding hydrogens is 290 g/mol. The third-order valence-electron chi connectivity index (χ3n) is 2.36. The van der Waals surface area contributed by atoms with Gasteiger partial charge in [0, 0.05) is 18.1 Å². The summed E-state index contributed by atoms with van der Waals surface area (Å²) in [5, 5.41) is 16.1. The van der Waals surface area contributed by atoms with Crippen molar-refractivity contribution in [2.45, 2.75) is 52.3 Å². The van der Waals surface area contributed by atoms with Crippen LogP contribution >= 0.6 is 11.3 Å². The van der Waals surface area contributed by atoms with Crippen molar-refractivity contribution in [1.82, 2.24) is 15.6 Å². The quantitative estimate of drug-likeness (QED) is 0.708. The van der Waals surface area contributed by atoms with Crippen LogP contribution in [0.1, 0.15) is 44.3 Å². The van der Waals surface area contributed by atoms with Gasteiger partial charge in [-0.3, -0.25) is 4.79 Å². The lowest BCUT2D eigenvalue weighted by atomic mass is 10.1. The number of nitrogens with zero attached hydrogens (tertiary/aromatic N) is 1. The molecule has 0 radical (unpaired) electrons. The third-order valence-corrected chi connectivity index (χ3v) is 3.27. The highest BCUT2D eigenvalue weighted by molar-refractivity contribution is 7.15. The number of carbonyl (C=O) groups is 1. The maximum Gasteiger partial charge on any atom is 0.273 e. The van der Waals surface area contributed by atoms with E-state index >= 15 is 0 Å². The Balaban J connectivity index is 2.43. The van der Waals surface area contributed by atoms with Crippen molar-refractivity contribution in [2.24, 2.45) is 0 Å². The van der Waals surface area contributed by atoms with Crippen molar-refractivity contribution in [2.75, 3.05) is 13.2 Å². The van der Waals surface area contributed by atoms with Crippen LogP contribution in [0.15, 0.2) is 6.20 Å². The molecule has 0 spiro atoms. The van der Waals surface area contributed by atoms with E-state index < -0.39 is 6.10 Å². The van der Waals surface area contributed by atoms with Gasteiger partial charge in [-0.2, -0.15) is 0 Å². The molecule has 0 aliphatic heterocycles. The first kappa shape index (κ1) is 17.9. The fraction of sp³-hybridized carbons (Fsp3) is 0.714. The van der Waals surface area contributed by atoms with Crippen molar-refractivity contribution in [1.29, 1.82) is 0 Å². The Morgan fingerprint density at radius 1 is 1.48 bits per heavy atom. The molecule has 6 nitrogen and oxygen atoms in total. The second-order valence-electron chi connectivity index (χ2n) is 6.22. The summed E-state index contributed by atoms with van der Waals surface area (Å²) in [5.74, 6) is -0.170. The number of carbonyl (C=O) groups excluding carboxylic acids is 1. The predicted molar refractivity (Wildman–Crippen MR) is 84.0 cm³/mol. The molecule has 0 aliphatic rings. The van der Waals surface area contributed by atoms with Gasteiger partial charge >= 0.3 is 0 Å². The molecule has 21 heavy (non-hydrogen) atoms. The fourth-order valence-corrected chi connectivity index (χ4v) is 2.10. The van der Waals surface area contributed by atoms with E-state index in [0.717, 1.165) is 0 Å². The molecule has 1 aromatic rings. The first-order chi connectivity index (χ1) is 9.67. The molecule has 0 bridgehead atoms. The number of hydrogen-bond donors (Lipinski definition) is 3. The Hall–Kier alpha value is -1.18. The predicted octanol–water partition coefficient (Wildman–Crippen LogP) is 1.41. The number of rotatable bonds is 7. The van der Waals surface area contributed by atoms with Gasteiger partial charge in [-0.05, 0) is 20.8 Å². The van der Waals surface area contributed by atoms with Crippen LogP contribution < -0.4 is 15.4 Å². The van der Waals surface area contributed by atoms with Crippen LogP contribution in [0.5, 0.6) is 5.19 Å². The van der Waals surface area contributed by atoms with E-state index in [1.165, 1.54) is 17.5 Å². The van der Waals surface area contributed by atoms with E-state index in [1.807, 2.05) is 34.6 Å². The lowest BCUT2D eigenvalue weighted by Crippen LogP contribution is -2.40. The zero-order chi connectivity index (χ0) is 16.0. The van der Waals surface area contributed by atoms with E-state index in [9.17, 15) is 9.90 Å². The average molecular weight is 315 g/mol. The average Bonchev–Trinajstić information content (AvgIpc) is 2.80. The monoisotopic (exact) mass is 315 g/mol. The lowest BCUT2D eigenvalue weighted by molar-refractivity contribution is 0.0923. The van der Waals surface area contributed by atoms with E-state index in [-0.39, 0.29) is 18.1 Å². The summed E-state index contributed by atoms with van der Waals surface area (Å²) >= 11 is 1.17. The summed E-state index contributed by atoms with van der Waals surface area (Å²) in [6, 6.07) is 0.312. The summed E-state index contributed by atoms with van der Waals surface area (Å²) in [4.78, 5) is 16.5. The van der Waals surface area contributed by atoms with Crippen molar-refractivity contribution in [3.63, 3.8) is 0 Å². The van der Waals surface area contributed by atoms with Crippen molar-refractivity contribution >= 4 is 17.2 Å². The molecule has 0 aromatic carbocycles. The standard InChI is InChI=1S/C14H25N3O3S/c1-9(2)15-6-10(18)8-20-13-16-7-11(21-13)12(19)17-14(3,4)5/h7,9-10,15,18H,6,8H2,1-5H3,(H,17,19). The Morgan fingerprint density at radius 2 is 2.14 bits per heavy atom. The zero-order valence-corrected chi connectivity index (χ0v) is 14.1. The van der Waals surface area contributed by atoms with Crippen LogP contribution in [0.4, 0.5) is 0 Å². The number of hydrogen-bond acceptors (Lipinski definition) is 6. The minimum absolute atomic E-state index is 0.146. The first-order valence-corrected chi connectivity index (χ1v) is 7.81. The minimum Gasteiger partial charge on any atom is -0.467 e. The topological polar surface area (TPSA) is 83.5 Å². The third kappa shape index (κ3) is 7.40. The summed E-state index contributed by atoms with van der Waals surface area (Å²) in [6.07, 6.45) is 0.878. The van der Waals surface area contributed by atoms with E-state index in [0.29, 0.717) is 22.7 Å². The molecule has 3 N–H and O–H groups in total. The van der Waals surface area contributed by atoms with Gasteiger partial charge < -0.3 is 20.5 Å². The first-order valence-electron chi connectivity index (χ1n) is 7.00. The van der Waals surface area contributed by atoms with Crippen LogP contribution in [-0.2, 0) is 0 Å². The van der Waals surface area contributed by atoms with Crippen LogP contribution in [0.25, 0.3) is 0 Å². The summed E-state index contributed by atoms with van der Waals surface area (Å²) in [7, 11) is 0. The highest BCUT2D eigenvalue weighted by Gasteiger charge is 2.18. The maximum atomic E-state index is 11.9. The Bertz CT molecular complexity index is 455. The SMILES string of the molecule is CC(C)NCC(O)COc1ncc(C(=O)NC(C)(C)C)s1. The molecule has 0 saturated carbocycles. The molecule has 7 heteroatoms. The van der Waals surface area contributed by atoms with Crippen LogP contribution in [0.3, 0.4) is 0 Å². The summed E-state index contributed by atoms with van der Waals surface area (Å²) < 4.78 is 5.40. The number of aliphatic hydroxyl groups excluding tert-OH is 1. The van der Waals surface area contributed by atoms with Crippen LogP contribution in [-0.4, -0.2) is 46.8 Å². The molecule has 0 aliphatic carbocycles. The largest absolute Gasteiger partial charge is 0.467 e. The maximum absolute atomic E-state index is 11.9. The van der Waals surface area contributed by atoms with Crippen molar-refractivity contribution < 1.29 is 14.6 Å². The van der Waals surface area contributed by atoms with Gasteiger partial charge in [0.1, 0.15) is 17.6 Å². The van der Waals surface area contributed by atoms with Gasteiger partial charge in [-0.15, -0.1) is 0 Å². The Morgan fingerprint density at radius 3 is 2.71 bits per heavy atom. The number of amides is 1. The molecule has 120 valence electrons. The summed E-state index contributed by atoms with van der Waals surface area (Å²) in [5.41, 5.74) is -0.291. The van der Waals surface area contributed by atoms with Crippen LogP contribution in [0.2, 0.25) is 0 Å². The number of nitrogens with one attached hydrogen (secondary N) is 2. The van der Waals surface area contributed by atoms with Gasteiger partial charge in [-0.25, -0.2) is 4.98 Å². The molecule has 1 unspecified atom stereocenters. The molecular formula is C14H25N3O3S. The molecule has 0 fully saturated rings. The van der Waals surface area contributed by atoms with E-state index in [1.54, 1.807) is 0 Å². The van der Waals surface area contributed by atoms with Gasteiger partial charge in [-0.1, -0.05) is 25.2 Å². The summed E-state index contributed by atoms with van der Waals surface area (Å²) in [6.45, 7) is 10.4. The molecule has 1 aromatic heterocycles. The number of ether oxygens (including phenoxy) is 1. The number of thiazole rings is 1. The van der Waals surface area contributed by atoms with Gasteiger partial charge in [0.15, 0.2) is 0 Å². The zero-order valence-electron chi connectivity index (χ0n) is 13.3. The second-order valence-corrected chi connectivity index (χ2v) is 7.22. The molecule has 0 saturated heterocycles. The van der Waals surface area contributed by atoms with Crippen molar-refractivity contribution in [3.05, 3.63) is 11.1 Å². The lowest BCUT2D eigenvalue weighted by Gasteiger charge is -2.19. The van der Waals surface area contributed by atoms with Gasteiger partial charge in [0.05, 0.1) is 6.20 Å². The Kier molecular flexibility index (Phi) is 6.57. The number of aromatic nitrogens is 1. The van der Waals surface area contributed by atoms with Crippen molar-refractivity contribution in [3.8, 4) is 5.19 Å². The fourth-order valence-electron chi connectivity index (χ4n) is 1.43. The van der Waals surface area contributed by atoms with Gasteiger partial charge in [0.25, 0.3) is 11.1 Å². The molecule has 1 atom stereocenters. The highest BCUT2D eigenvalue weighted by atomic mass is 32.1. The second kappa shape index (κ2) is 7.72. The van der Waals surface area contributed by atoms with Gasteiger partial charge in [0.2, 0.25) is 0 Å². The molecule has 1 rings (SSSR count).